The quantitative estimate of drug-likeness (QED) is 0.283. The van der Waals surface area contributed by atoms with Crippen molar-refractivity contribution in [2.75, 3.05) is 0 Å². The van der Waals surface area contributed by atoms with Gasteiger partial charge in [-0.15, -0.1) is 0 Å². The van der Waals surface area contributed by atoms with Gasteiger partial charge in [-0.3, -0.25) is 14.9 Å². The molecule has 11 nitrogen and oxygen atoms in total. The van der Waals surface area contributed by atoms with E-state index in [1.807, 2.05) is 0 Å². The number of likely N-dealkylation sites (tertiary alicyclic amines) is 1. The lowest BCUT2D eigenvalue weighted by atomic mass is 9.99. The SMILES string of the molecule is CC(C)(C)OC(=O)[C@@H]1CC[C@H](OC(=O)c2ccc([N+](=O)[O-])cc2)C(=O)N1C(=O)OC(C)(C)C. The molecule has 1 aromatic carbocycles. The molecule has 1 aromatic rings. The standard InChI is InChI=1S/C22H28N2O9/c1-21(2,3)32-19(27)15-11-12-16(17(25)23(15)20(28)33-22(4,5)6)31-18(26)13-7-9-14(10-8-13)24(29)30/h7-10,15-16H,11-12H2,1-6H3/t15-,16-/m0/s1. The average molecular weight is 464 g/mol. The van der Waals surface area contributed by atoms with Crippen LogP contribution < -0.4 is 0 Å². The molecule has 11 heteroatoms. The van der Waals surface area contributed by atoms with Crippen LogP contribution in [0.4, 0.5) is 10.5 Å². The number of benzene rings is 1. The number of carbonyl (C=O) groups is 4. The maximum atomic E-state index is 13.1. The molecule has 2 atom stereocenters. The molecular weight excluding hydrogens is 436 g/mol. The van der Waals surface area contributed by atoms with Gasteiger partial charge < -0.3 is 14.2 Å². The van der Waals surface area contributed by atoms with Crippen LogP contribution in [0.15, 0.2) is 24.3 Å². The molecule has 0 aromatic heterocycles. The second-order valence-corrected chi connectivity index (χ2v) is 9.51. The summed E-state index contributed by atoms with van der Waals surface area (Å²) >= 11 is 0. The fourth-order valence-electron chi connectivity index (χ4n) is 3.02. The highest BCUT2D eigenvalue weighted by Crippen LogP contribution is 2.27. The highest BCUT2D eigenvalue weighted by molar-refractivity contribution is 6.01. The van der Waals surface area contributed by atoms with Crippen molar-refractivity contribution < 1.29 is 38.3 Å². The molecule has 0 spiro atoms. The number of carbonyl (C=O) groups excluding carboxylic acids is 4. The lowest BCUT2D eigenvalue weighted by Gasteiger charge is -2.37. The maximum Gasteiger partial charge on any atom is 0.417 e. The summed E-state index contributed by atoms with van der Waals surface area (Å²) < 4.78 is 15.9. The molecule has 180 valence electrons. The molecule has 1 saturated heterocycles. The molecule has 0 N–H and O–H groups in total. The van der Waals surface area contributed by atoms with E-state index in [0.717, 1.165) is 12.1 Å². The summed E-state index contributed by atoms with van der Waals surface area (Å²) in [5.74, 6) is -2.59. The third-order valence-electron chi connectivity index (χ3n) is 4.36. The van der Waals surface area contributed by atoms with Crippen LogP contribution in [0.2, 0.25) is 0 Å². The molecule has 0 saturated carbocycles. The van der Waals surface area contributed by atoms with Crippen LogP contribution in [-0.4, -0.2) is 57.1 Å². The largest absolute Gasteiger partial charge is 0.458 e. The van der Waals surface area contributed by atoms with Crippen LogP contribution in [0.25, 0.3) is 0 Å². The molecule has 1 aliphatic rings. The minimum Gasteiger partial charge on any atom is -0.458 e. The van der Waals surface area contributed by atoms with Crippen molar-refractivity contribution in [2.24, 2.45) is 0 Å². The average Bonchev–Trinajstić information content (AvgIpc) is 2.66. The Morgan fingerprint density at radius 3 is 2.00 bits per heavy atom. The van der Waals surface area contributed by atoms with Crippen molar-refractivity contribution in [1.82, 2.24) is 4.90 Å². The van der Waals surface area contributed by atoms with E-state index in [1.165, 1.54) is 12.1 Å². The van der Waals surface area contributed by atoms with Crippen LogP contribution in [-0.2, 0) is 23.8 Å². The van der Waals surface area contributed by atoms with Gasteiger partial charge in [-0.25, -0.2) is 19.3 Å². The van der Waals surface area contributed by atoms with Gasteiger partial charge in [-0.1, -0.05) is 0 Å². The fourth-order valence-corrected chi connectivity index (χ4v) is 3.02. The minimum absolute atomic E-state index is 0.00188. The number of amides is 2. The number of piperidine rings is 1. The first kappa shape index (κ1) is 25.8. The number of hydrogen-bond acceptors (Lipinski definition) is 9. The van der Waals surface area contributed by atoms with Gasteiger partial charge in [-0.05, 0) is 66.5 Å². The summed E-state index contributed by atoms with van der Waals surface area (Å²) in [6.07, 6.45) is -2.43. The highest BCUT2D eigenvalue weighted by atomic mass is 16.6. The summed E-state index contributed by atoms with van der Waals surface area (Å²) in [7, 11) is 0. The van der Waals surface area contributed by atoms with Gasteiger partial charge in [-0.2, -0.15) is 0 Å². The first-order chi connectivity index (χ1) is 15.1. The Morgan fingerprint density at radius 2 is 1.52 bits per heavy atom. The Hall–Kier alpha value is -3.50. The Morgan fingerprint density at radius 1 is 0.970 bits per heavy atom. The zero-order valence-corrected chi connectivity index (χ0v) is 19.4. The summed E-state index contributed by atoms with van der Waals surface area (Å²) in [6, 6.07) is 3.42. The Bertz CT molecular complexity index is 942. The van der Waals surface area contributed by atoms with Crippen LogP contribution in [0.5, 0.6) is 0 Å². The molecule has 33 heavy (non-hydrogen) atoms. The minimum atomic E-state index is -1.35. The van der Waals surface area contributed by atoms with Gasteiger partial charge in [0.1, 0.15) is 17.2 Å². The van der Waals surface area contributed by atoms with Crippen LogP contribution in [0, 0.1) is 10.1 Å². The van der Waals surface area contributed by atoms with Crippen molar-refractivity contribution in [3.63, 3.8) is 0 Å². The van der Waals surface area contributed by atoms with E-state index in [2.05, 4.69) is 0 Å². The number of imide groups is 1. The number of hydrogen-bond donors (Lipinski definition) is 0. The lowest BCUT2D eigenvalue weighted by Crippen LogP contribution is -2.58. The number of nitro groups is 1. The molecule has 0 radical (unpaired) electrons. The van der Waals surface area contributed by atoms with Gasteiger partial charge in [0.2, 0.25) is 0 Å². The lowest BCUT2D eigenvalue weighted by molar-refractivity contribution is -0.384. The Kier molecular flexibility index (Phi) is 7.46. The number of nitrogens with zero attached hydrogens (tertiary/aromatic N) is 2. The number of rotatable bonds is 4. The van der Waals surface area contributed by atoms with Gasteiger partial charge in [0, 0.05) is 12.1 Å². The predicted octanol–water partition coefficient (Wildman–Crippen LogP) is 3.39. The van der Waals surface area contributed by atoms with Crippen molar-refractivity contribution in [2.45, 2.75) is 77.7 Å². The second-order valence-electron chi connectivity index (χ2n) is 9.51. The highest BCUT2D eigenvalue weighted by Gasteiger charge is 2.47. The molecule has 2 rings (SSSR count). The van der Waals surface area contributed by atoms with Crippen molar-refractivity contribution in [1.29, 1.82) is 0 Å². The zero-order chi connectivity index (χ0) is 25.1. The van der Waals surface area contributed by atoms with E-state index in [1.54, 1.807) is 41.5 Å². The molecule has 1 heterocycles. The normalized spacial score (nSPS) is 19.0. The summed E-state index contributed by atoms with van der Waals surface area (Å²) in [6.45, 7) is 9.78. The smallest absolute Gasteiger partial charge is 0.417 e. The Labute approximate surface area is 191 Å². The van der Waals surface area contributed by atoms with Crippen molar-refractivity contribution >= 4 is 29.6 Å². The zero-order valence-electron chi connectivity index (χ0n) is 19.4. The number of nitro benzene ring substituents is 1. The summed E-state index contributed by atoms with van der Waals surface area (Å²) in [4.78, 5) is 61.8. The monoisotopic (exact) mass is 464 g/mol. The van der Waals surface area contributed by atoms with Gasteiger partial charge in [0.05, 0.1) is 10.5 Å². The van der Waals surface area contributed by atoms with E-state index in [9.17, 15) is 29.3 Å². The first-order valence-corrected chi connectivity index (χ1v) is 10.3. The molecule has 1 fully saturated rings. The van der Waals surface area contributed by atoms with Gasteiger partial charge in [0.15, 0.2) is 6.10 Å². The molecule has 0 aliphatic carbocycles. The third-order valence-corrected chi connectivity index (χ3v) is 4.36. The number of esters is 2. The number of non-ortho nitro benzene ring substituents is 1. The predicted molar refractivity (Wildman–Crippen MR) is 114 cm³/mol. The van der Waals surface area contributed by atoms with Crippen molar-refractivity contribution in [3.05, 3.63) is 39.9 Å². The molecule has 1 aliphatic heterocycles. The summed E-state index contributed by atoms with van der Waals surface area (Å²) in [5.41, 5.74) is -2.01. The second kappa shape index (κ2) is 9.55. The van der Waals surface area contributed by atoms with E-state index in [-0.39, 0.29) is 24.1 Å². The van der Waals surface area contributed by atoms with Crippen LogP contribution >= 0.6 is 0 Å². The third kappa shape index (κ3) is 6.99. The van der Waals surface area contributed by atoms with E-state index < -0.39 is 52.2 Å². The first-order valence-electron chi connectivity index (χ1n) is 10.3. The van der Waals surface area contributed by atoms with Gasteiger partial charge in [0.25, 0.3) is 11.6 Å². The van der Waals surface area contributed by atoms with Crippen molar-refractivity contribution in [3.8, 4) is 0 Å². The molecule has 0 bridgehead atoms. The van der Waals surface area contributed by atoms with E-state index in [0.29, 0.717) is 4.90 Å². The fraction of sp³-hybridized carbons (Fsp3) is 0.545. The molecule has 0 unspecified atom stereocenters. The van der Waals surface area contributed by atoms with Crippen LogP contribution in [0.1, 0.15) is 64.7 Å². The summed E-state index contributed by atoms with van der Waals surface area (Å²) in [5, 5.41) is 10.8. The van der Waals surface area contributed by atoms with Crippen LogP contribution in [0.3, 0.4) is 0 Å². The maximum absolute atomic E-state index is 13.1. The topological polar surface area (TPSA) is 142 Å². The number of ether oxygens (including phenoxy) is 3. The molecular formula is C22H28N2O9. The Balaban J connectivity index is 2.24. The molecule has 2 amide bonds. The van der Waals surface area contributed by atoms with E-state index >= 15 is 0 Å². The van der Waals surface area contributed by atoms with E-state index in [4.69, 9.17) is 14.2 Å². The van der Waals surface area contributed by atoms with Gasteiger partial charge >= 0.3 is 18.0 Å².